The third-order valence-electron chi connectivity index (χ3n) is 1.35. The van der Waals surface area contributed by atoms with Crippen molar-refractivity contribution < 1.29 is 0 Å². The normalized spacial score (nSPS) is 8.83. The molecule has 0 radical (unpaired) electrons. The number of pyridine rings is 1. The third kappa shape index (κ3) is 3.06. The van der Waals surface area contributed by atoms with Crippen molar-refractivity contribution in [2.24, 2.45) is 0 Å². The molecule has 0 aliphatic heterocycles. The highest BCUT2D eigenvalue weighted by atomic mass is 79.9. The maximum absolute atomic E-state index is 4.16. The molecule has 1 aromatic heterocycles. The average molecular weight is 224 g/mol. The van der Waals surface area contributed by atoms with Crippen LogP contribution in [0.5, 0.6) is 0 Å². The monoisotopic (exact) mass is 223 g/mol. The zero-order valence-electron chi connectivity index (χ0n) is 6.97. The summed E-state index contributed by atoms with van der Waals surface area (Å²) in [7, 11) is 0. The van der Waals surface area contributed by atoms with E-state index in [-0.39, 0.29) is 0 Å². The molecule has 0 aromatic carbocycles. The van der Waals surface area contributed by atoms with Gasteiger partial charge in [0.1, 0.15) is 5.69 Å². The molecule has 1 aromatic rings. The molecule has 1 nitrogen and oxygen atoms in total. The van der Waals surface area contributed by atoms with E-state index < -0.39 is 0 Å². The number of aryl methyl sites for hydroxylation is 1. The second-order valence-corrected chi connectivity index (χ2v) is 3.25. The van der Waals surface area contributed by atoms with Crippen molar-refractivity contribution in [3.63, 3.8) is 0 Å². The van der Waals surface area contributed by atoms with E-state index in [2.05, 4.69) is 32.8 Å². The van der Waals surface area contributed by atoms with E-state index in [1.165, 1.54) is 5.56 Å². The Hall–Kier alpha value is -0.810. The van der Waals surface area contributed by atoms with E-state index >= 15 is 0 Å². The van der Waals surface area contributed by atoms with Gasteiger partial charge in [-0.1, -0.05) is 27.9 Å². The summed E-state index contributed by atoms with van der Waals surface area (Å²) in [6.45, 7) is 2.02. The summed E-state index contributed by atoms with van der Waals surface area (Å²) in [5.74, 6) is 5.99. The van der Waals surface area contributed by atoms with Gasteiger partial charge in [-0.3, -0.25) is 0 Å². The molecule has 1 heterocycles. The van der Waals surface area contributed by atoms with Crippen LogP contribution in [-0.4, -0.2) is 10.3 Å². The molecule has 0 bridgehead atoms. The van der Waals surface area contributed by atoms with Crippen molar-refractivity contribution in [2.45, 2.75) is 13.3 Å². The van der Waals surface area contributed by atoms with Crippen LogP contribution in [0.15, 0.2) is 18.3 Å². The van der Waals surface area contributed by atoms with Crippen LogP contribution in [0.1, 0.15) is 17.7 Å². The van der Waals surface area contributed by atoms with Gasteiger partial charge < -0.3 is 0 Å². The summed E-state index contributed by atoms with van der Waals surface area (Å²) in [6, 6.07) is 3.96. The fraction of sp³-hybridized carbons (Fsp3) is 0.300. The zero-order chi connectivity index (χ0) is 8.81. The highest BCUT2D eigenvalue weighted by Crippen LogP contribution is 1.96. The van der Waals surface area contributed by atoms with Crippen LogP contribution in [0.25, 0.3) is 0 Å². The van der Waals surface area contributed by atoms with Gasteiger partial charge in [0.25, 0.3) is 0 Å². The number of halogens is 1. The summed E-state index contributed by atoms with van der Waals surface area (Å²) in [5.41, 5.74) is 2.02. The fourth-order valence-corrected chi connectivity index (χ4v) is 0.940. The second kappa shape index (κ2) is 4.95. The second-order valence-electron chi connectivity index (χ2n) is 2.46. The van der Waals surface area contributed by atoms with Crippen molar-refractivity contribution >= 4 is 15.9 Å². The molecule has 2 heteroatoms. The average Bonchev–Trinajstić information content (AvgIpc) is 2.09. The topological polar surface area (TPSA) is 12.9 Å². The molecule has 0 saturated carbocycles. The van der Waals surface area contributed by atoms with Crippen LogP contribution in [0.4, 0.5) is 0 Å². The minimum Gasteiger partial charge on any atom is -0.248 e. The van der Waals surface area contributed by atoms with Gasteiger partial charge in [-0.2, -0.15) is 0 Å². The molecular formula is C10H10BrN. The van der Waals surface area contributed by atoms with Crippen LogP contribution < -0.4 is 0 Å². The minimum atomic E-state index is 0.849. The Bertz CT molecular complexity index is 292. The third-order valence-corrected chi connectivity index (χ3v) is 1.74. The van der Waals surface area contributed by atoms with Gasteiger partial charge in [-0.15, -0.1) is 0 Å². The Morgan fingerprint density at radius 1 is 1.50 bits per heavy atom. The van der Waals surface area contributed by atoms with Gasteiger partial charge in [0.15, 0.2) is 0 Å². The quantitative estimate of drug-likeness (QED) is 0.527. The van der Waals surface area contributed by atoms with Gasteiger partial charge in [0.2, 0.25) is 0 Å². The number of alkyl halides is 1. The van der Waals surface area contributed by atoms with Crippen LogP contribution in [0.3, 0.4) is 0 Å². The van der Waals surface area contributed by atoms with Crippen LogP contribution in [0.2, 0.25) is 0 Å². The summed E-state index contributed by atoms with van der Waals surface area (Å²) in [6.07, 6.45) is 2.70. The maximum Gasteiger partial charge on any atom is 0.113 e. The molecule has 0 aliphatic carbocycles. The van der Waals surface area contributed by atoms with Crippen molar-refractivity contribution in [2.75, 3.05) is 5.33 Å². The molecule has 0 amide bonds. The van der Waals surface area contributed by atoms with Crippen molar-refractivity contribution in [3.8, 4) is 11.8 Å². The van der Waals surface area contributed by atoms with Gasteiger partial charge >= 0.3 is 0 Å². The number of hydrogen-bond donors (Lipinski definition) is 0. The Kier molecular flexibility index (Phi) is 3.83. The Labute approximate surface area is 81.3 Å². The maximum atomic E-state index is 4.16. The zero-order valence-corrected chi connectivity index (χ0v) is 8.56. The van der Waals surface area contributed by atoms with Crippen molar-refractivity contribution in [3.05, 3.63) is 29.6 Å². The first kappa shape index (κ1) is 9.28. The van der Waals surface area contributed by atoms with E-state index in [1.807, 2.05) is 25.3 Å². The van der Waals surface area contributed by atoms with E-state index in [0.717, 1.165) is 17.4 Å². The summed E-state index contributed by atoms with van der Waals surface area (Å²) in [5, 5.41) is 0.922. The lowest BCUT2D eigenvalue weighted by molar-refractivity contribution is 1.23. The first-order valence-electron chi connectivity index (χ1n) is 3.80. The number of hydrogen-bond acceptors (Lipinski definition) is 1. The molecule has 0 saturated heterocycles. The van der Waals surface area contributed by atoms with E-state index in [4.69, 9.17) is 0 Å². The highest BCUT2D eigenvalue weighted by Gasteiger charge is 1.86. The van der Waals surface area contributed by atoms with E-state index in [0.29, 0.717) is 0 Å². The van der Waals surface area contributed by atoms with E-state index in [1.54, 1.807) is 0 Å². The molecular weight excluding hydrogens is 214 g/mol. The highest BCUT2D eigenvalue weighted by molar-refractivity contribution is 9.09. The smallest absolute Gasteiger partial charge is 0.113 e. The van der Waals surface area contributed by atoms with Crippen LogP contribution >= 0.6 is 15.9 Å². The van der Waals surface area contributed by atoms with Crippen molar-refractivity contribution in [1.82, 2.24) is 4.98 Å². The Balaban J connectivity index is 2.66. The molecule has 62 valence electrons. The summed E-state index contributed by atoms with van der Waals surface area (Å²) < 4.78 is 0. The Morgan fingerprint density at radius 3 is 2.92 bits per heavy atom. The lowest BCUT2D eigenvalue weighted by atomic mass is 10.3. The molecule has 0 fully saturated rings. The standard InChI is InChI=1S/C10H10BrN/c1-9-5-6-10(12-8-9)4-2-3-7-11/h5-6,8H,3,7H2,1H3. The van der Waals surface area contributed by atoms with E-state index in [9.17, 15) is 0 Å². The Morgan fingerprint density at radius 2 is 2.33 bits per heavy atom. The van der Waals surface area contributed by atoms with Crippen molar-refractivity contribution in [1.29, 1.82) is 0 Å². The van der Waals surface area contributed by atoms with Gasteiger partial charge in [-0.25, -0.2) is 4.98 Å². The molecule has 0 atom stereocenters. The SMILES string of the molecule is Cc1ccc(C#CCCBr)nc1. The number of aromatic nitrogens is 1. The first-order valence-corrected chi connectivity index (χ1v) is 4.92. The molecule has 1 rings (SSSR count). The lowest BCUT2D eigenvalue weighted by Gasteiger charge is -1.90. The molecule has 0 aliphatic rings. The lowest BCUT2D eigenvalue weighted by Crippen LogP contribution is -1.81. The first-order chi connectivity index (χ1) is 5.83. The molecule has 0 unspecified atom stereocenters. The van der Waals surface area contributed by atoms with Crippen LogP contribution in [-0.2, 0) is 0 Å². The largest absolute Gasteiger partial charge is 0.248 e. The predicted octanol–water partition coefficient (Wildman–Crippen LogP) is 2.53. The molecule has 0 N–H and O–H groups in total. The number of rotatable bonds is 1. The molecule has 0 spiro atoms. The number of nitrogens with zero attached hydrogens (tertiary/aromatic N) is 1. The van der Waals surface area contributed by atoms with Crippen LogP contribution in [0, 0.1) is 18.8 Å². The predicted molar refractivity (Wildman–Crippen MR) is 54.3 cm³/mol. The summed E-state index contributed by atoms with van der Waals surface area (Å²) in [4.78, 5) is 4.16. The minimum absolute atomic E-state index is 0.849. The fourth-order valence-electron chi connectivity index (χ4n) is 0.742. The van der Waals surface area contributed by atoms with Gasteiger partial charge in [0, 0.05) is 17.9 Å². The molecule has 12 heavy (non-hydrogen) atoms. The van der Waals surface area contributed by atoms with Gasteiger partial charge in [0.05, 0.1) is 0 Å². The van der Waals surface area contributed by atoms with Gasteiger partial charge in [-0.05, 0) is 24.5 Å². The summed E-state index contributed by atoms with van der Waals surface area (Å²) >= 11 is 3.31.